The maximum Gasteiger partial charge on any atom is 0.155 e. The number of carbonyl (C=O) groups is 1. The number of rotatable bonds is 7. The summed E-state index contributed by atoms with van der Waals surface area (Å²) in [4.78, 5) is 12.7. The number of carbonyl (C=O) groups excluding carboxylic acids is 1. The van der Waals surface area contributed by atoms with Gasteiger partial charge in [-0.05, 0) is 17.9 Å². The van der Waals surface area contributed by atoms with Crippen molar-refractivity contribution >= 4 is 17.1 Å². The molecule has 0 saturated heterocycles. The van der Waals surface area contributed by atoms with Crippen molar-refractivity contribution in [1.82, 2.24) is 0 Å². The molecule has 0 aliphatic rings. The van der Waals surface area contributed by atoms with Crippen molar-refractivity contribution < 1.29 is 4.79 Å². The molecule has 0 saturated carbocycles. The second kappa shape index (κ2) is 7.19. The van der Waals surface area contributed by atoms with Crippen LogP contribution in [0.4, 0.5) is 0 Å². The largest absolute Gasteiger partial charge is 0.298 e. The van der Waals surface area contributed by atoms with Crippen LogP contribution in [0.3, 0.4) is 0 Å². The molecule has 0 aliphatic carbocycles. The van der Waals surface area contributed by atoms with Gasteiger partial charge in [0.25, 0.3) is 0 Å². The molecule has 0 aromatic carbocycles. The van der Waals surface area contributed by atoms with Gasteiger partial charge in [0.05, 0.1) is 6.07 Å². The van der Waals surface area contributed by atoms with Gasteiger partial charge in [0.15, 0.2) is 5.78 Å². The van der Waals surface area contributed by atoms with E-state index in [-0.39, 0.29) is 5.78 Å². The first-order chi connectivity index (χ1) is 7.79. The number of hydrogen-bond acceptors (Lipinski definition) is 3. The molecule has 1 aromatic heterocycles. The van der Waals surface area contributed by atoms with Crippen molar-refractivity contribution in [2.45, 2.75) is 44.9 Å². The van der Waals surface area contributed by atoms with E-state index >= 15 is 0 Å². The number of thiophene rings is 1. The van der Waals surface area contributed by atoms with Crippen LogP contribution in [0.25, 0.3) is 0 Å². The SMILES string of the molecule is CCCCCCC(=O)C(C#N)c1cccs1. The van der Waals surface area contributed by atoms with E-state index in [1.165, 1.54) is 24.2 Å². The smallest absolute Gasteiger partial charge is 0.155 e. The molecule has 0 N–H and O–H groups in total. The molecule has 3 heteroatoms. The van der Waals surface area contributed by atoms with Crippen LogP contribution in [0.5, 0.6) is 0 Å². The molecule has 1 unspecified atom stereocenters. The molecule has 16 heavy (non-hydrogen) atoms. The molecule has 0 fully saturated rings. The Balaban J connectivity index is 2.43. The summed E-state index contributed by atoms with van der Waals surface area (Å²) in [6.07, 6.45) is 4.88. The lowest BCUT2D eigenvalue weighted by atomic mass is 9.99. The van der Waals surface area contributed by atoms with Crippen LogP contribution in [0.15, 0.2) is 17.5 Å². The van der Waals surface area contributed by atoms with Gasteiger partial charge in [-0.2, -0.15) is 5.26 Å². The lowest BCUT2D eigenvalue weighted by Crippen LogP contribution is -2.09. The lowest BCUT2D eigenvalue weighted by molar-refractivity contribution is -0.119. The van der Waals surface area contributed by atoms with Crippen LogP contribution in [0.2, 0.25) is 0 Å². The van der Waals surface area contributed by atoms with E-state index in [0.29, 0.717) is 6.42 Å². The Morgan fingerprint density at radius 2 is 2.31 bits per heavy atom. The van der Waals surface area contributed by atoms with Crippen LogP contribution < -0.4 is 0 Å². The highest BCUT2D eigenvalue weighted by Crippen LogP contribution is 2.23. The number of ketones is 1. The van der Waals surface area contributed by atoms with E-state index in [0.717, 1.165) is 17.7 Å². The van der Waals surface area contributed by atoms with E-state index in [4.69, 9.17) is 5.26 Å². The molecular weight excluding hydrogens is 218 g/mol. The molecule has 0 aliphatic heterocycles. The van der Waals surface area contributed by atoms with Crippen LogP contribution in [0.1, 0.15) is 49.8 Å². The first-order valence-electron chi connectivity index (χ1n) is 5.75. The second-order valence-corrected chi connectivity index (χ2v) is 4.83. The van der Waals surface area contributed by atoms with Crippen molar-refractivity contribution in [3.8, 4) is 6.07 Å². The van der Waals surface area contributed by atoms with Crippen LogP contribution in [0, 0.1) is 11.3 Å². The zero-order chi connectivity index (χ0) is 11.8. The minimum absolute atomic E-state index is 0.0704. The van der Waals surface area contributed by atoms with Crippen LogP contribution in [-0.4, -0.2) is 5.78 Å². The number of Topliss-reactive ketones (excluding diaryl/α,β-unsaturated/α-hetero) is 1. The summed E-state index contributed by atoms with van der Waals surface area (Å²) < 4.78 is 0. The topological polar surface area (TPSA) is 40.9 Å². The predicted molar refractivity (Wildman–Crippen MR) is 66.4 cm³/mol. The van der Waals surface area contributed by atoms with Crippen LogP contribution >= 0.6 is 11.3 Å². The van der Waals surface area contributed by atoms with Gasteiger partial charge in [-0.25, -0.2) is 0 Å². The molecule has 2 nitrogen and oxygen atoms in total. The van der Waals surface area contributed by atoms with Crippen molar-refractivity contribution in [3.63, 3.8) is 0 Å². The number of hydrogen-bond donors (Lipinski definition) is 0. The molecule has 1 aromatic rings. The fourth-order valence-electron chi connectivity index (χ4n) is 1.62. The van der Waals surface area contributed by atoms with E-state index in [2.05, 4.69) is 13.0 Å². The van der Waals surface area contributed by atoms with Crippen molar-refractivity contribution in [1.29, 1.82) is 5.26 Å². The zero-order valence-electron chi connectivity index (χ0n) is 9.61. The summed E-state index contributed by atoms with van der Waals surface area (Å²) >= 11 is 1.48. The van der Waals surface area contributed by atoms with E-state index in [1.807, 2.05) is 17.5 Å². The molecule has 0 amide bonds. The highest BCUT2D eigenvalue weighted by atomic mass is 32.1. The summed E-state index contributed by atoms with van der Waals surface area (Å²) in [5, 5.41) is 10.9. The van der Waals surface area contributed by atoms with Gasteiger partial charge in [0, 0.05) is 11.3 Å². The zero-order valence-corrected chi connectivity index (χ0v) is 10.4. The Kier molecular flexibility index (Phi) is 5.81. The number of unbranched alkanes of at least 4 members (excludes halogenated alkanes) is 3. The molecule has 0 radical (unpaired) electrons. The van der Waals surface area contributed by atoms with Gasteiger partial charge in [-0.15, -0.1) is 11.3 Å². The standard InChI is InChI=1S/C13H17NOS/c1-2-3-4-5-7-12(15)11(10-14)13-8-6-9-16-13/h6,8-9,11H,2-5,7H2,1H3. The minimum Gasteiger partial charge on any atom is -0.298 e. The average Bonchev–Trinajstić information content (AvgIpc) is 2.79. The third kappa shape index (κ3) is 3.79. The minimum atomic E-state index is -0.540. The molecule has 0 bridgehead atoms. The van der Waals surface area contributed by atoms with Crippen LogP contribution in [-0.2, 0) is 4.79 Å². The molecule has 86 valence electrons. The monoisotopic (exact) mass is 235 g/mol. The van der Waals surface area contributed by atoms with Crippen molar-refractivity contribution in [2.24, 2.45) is 0 Å². The second-order valence-electron chi connectivity index (χ2n) is 3.85. The van der Waals surface area contributed by atoms with E-state index < -0.39 is 5.92 Å². The summed E-state index contributed by atoms with van der Waals surface area (Å²) in [5.41, 5.74) is 0. The Labute approximate surface area is 101 Å². The summed E-state index contributed by atoms with van der Waals surface area (Å²) in [6, 6.07) is 5.85. The fraction of sp³-hybridized carbons (Fsp3) is 0.538. The Bertz CT molecular complexity index is 351. The van der Waals surface area contributed by atoms with Gasteiger partial charge < -0.3 is 0 Å². The Hall–Kier alpha value is -1.14. The normalized spacial score (nSPS) is 12.0. The third-order valence-electron chi connectivity index (χ3n) is 2.56. The first kappa shape index (κ1) is 12.9. The summed E-state index contributed by atoms with van der Waals surface area (Å²) in [6.45, 7) is 2.14. The fourth-order valence-corrected chi connectivity index (χ4v) is 2.41. The molecular formula is C13H17NOS. The van der Waals surface area contributed by atoms with Crippen molar-refractivity contribution in [2.75, 3.05) is 0 Å². The Morgan fingerprint density at radius 1 is 1.50 bits per heavy atom. The highest BCUT2D eigenvalue weighted by molar-refractivity contribution is 7.10. The van der Waals surface area contributed by atoms with Gasteiger partial charge in [-0.1, -0.05) is 32.3 Å². The average molecular weight is 235 g/mol. The van der Waals surface area contributed by atoms with Gasteiger partial charge in [-0.3, -0.25) is 4.79 Å². The van der Waals surface area contributed by atoms with Gasteiger partial charge in [0.1, 0.15) is 5.92 Å². The van der Waals surface area contributed by atoms with Gasteiger partial charge >= 0.3 is 0 Å². The molecule has 1 heterocycles. The molecule has 1 rings (SSSR count). The van der Waals surface area contributed by atoms with Crippen molar-refractivity contribution in [3.05, 3.63) is 22.4 Å². The summed E-state index contributed by atoms with van der Waals surface area (Å²) in [5.74, 6) is -0.470. The van der Waals surface area contributed by atoms with E-state index in [9.17, 15) is 4.79 Å². The number of nitrogens with zero attached hydrogens (tertiary/aromatic N) is 1. The van der Waals surface area contributed by atoms with Gasteiger partial charge in [0.2, 0.25) is 0 Å². The predicted octanol–water partition coefficient (Wildman–Crippen LogP) is 3.89. The summed E-state index contributed by atoms with van der Waals surface area (Å²) in [7, 11) is 0. The lowest BCUT2D eigenvalue weighted by Gasteiger charge is -2.05. The molecule has 0 spiro atoms. The highest BCUT2D eigenvalue weighted by Gasteiger charge is 2.19. The Morgan fingerprint density at radius 3 is 2.88 bits per heavy atom. The van der Waals surface area contributed by atoms with E-state index in [1.54, 1.807) is 0 Å². The molecule has 1 atom stereocenters. The maximum atomic E-state index is 11.8. The third-order valence-corrected chi connectivity index (χ3v) is 3.49. The maximum absolute atomic E-state index is 11.8. The number of nitriles is 1. The first-order valence-corrected chi connectivity index (χ1v) is 6.63. The quantitative estimate of drug-likeness (QED) is 0.673.